The lowest BCUT2D eigenvalue weighted by Crippen LogP contribution is -2.32. The van der Waals surface area contributed by atoms with Gasteiger partial charge < -0.3 is 0 Å². The zero-order chi connectivity index (χ0) is 15.3. The van der Waals surface area contributed by atoms with E-state index in [1.807, 2.05) is 13.0 Å². The number of rotatable bonds is 7. The SMILES string of the molecule is CCCS(=O)(=O)NC[C@H]1CCN(Cc2ccc(Cl)nc2)C1. The summed E-state index contributed by atoms with van der Waals surface area (Å²) in [6, 6.07) is 3.77. The van der Waals surface area contributed by atoms with E-state index in [2.05, 4.69) is 14.6 Å². The number of aromatic nitrogens is 1. The van der Waals surface area contributed by atoms with E-state index in [0.29, 0.717) is 24.0 Å². The van der Waals surface area contributed by atoms with Crippen molar-refractivity contribution in [2.45, 2.75) is 26.3 Å². The Kier molecular flexibility index (Phi) is 5.98. The molecule has 2 rings (SSSR count). The number of pyridine rings is 1. The van der Waals surface area contributed by atoms with Crippen molar-refractivity contribution in [3.63, 3.8) is 0 Å². The minimum Gasteiger partial charge on any atom is -0.299 e. The van der Waals surface area contributed by atoms with Crippen molar-refractivity contribution in [3.8, 4) is 0 Å². The maximum atomic E-state index is 11.6. The molecule has 1 aliphatic heterocycles. The summed E-state index contributed by atoms with van der Waals surface area (Å²) < 4.78 is 26.0. The molecule has 0 radical (unpaired) electrons. The van der Waals surface area contributed by atoms with Crippen LogP contribution in [-0.4, -0.2) is 43.7 Å². The highest BCUT2D eigenvalue weighted by atomic mass is 35.5. The average molecular weight is 332 g/mol. The van der Waals surface area contributed by atoms with Gasteiger partial charge in [-0.2, -0.15) is 0 Å². The second kappa shape index (κ2) is 7.54. The summed E-state index contributed by atoms with van der Waals surface area (Å²) in [7, 11) is -3.09. The van der Waals surface area contributed by atoms with Gasteiger partial charge in [0, 0.05) is 25.8 Å². The molecule has 1 saturated heterocycles. The average Bonchev–Trinajstić information content (AvgIpc) is 2.87. The summed E-state index contributed by atoms with van der Waals surface area (Å²) in [5.41, 5.74) is 1.13. The predicted molar refractivity (Wildman–Crippen MR) is 84.7 cm³/mol. The van der Waals surface area contributed by atoms with Crippen LogP contribution in [0.1, 0.15) is 25.3 Å². The molecule has 118 valence electrons. The first-order valence-corrected chi connectivity index (χ1v) is 9.31. The van der Waals surface area contributed by atoms with E-state index in [1.165, 1.54) is 0 Å². The van der Waals surface area contributed by atoms with E-state index >= 15 is 0 Å². The van der Waals surface area contributed by atoms with Gasteiger partial charge in [-0.3, -0.25) is 4.90 Å². The van der Waals surface area contributed by atoms with Crippen molar-refractivity contribution < 1.29 is 8.42 Å². The standard InChI is InChI=1S/C14H22ClN3O2S/c1-2-7-21(19,20)17-9-13-5-6-18(11-13)10-12-3-4-14(15)16-8-12/h3-4,8,13,17H,2,5-7,9-11H2,1H3/t13-/m1/s1. The van der Waals surface area contributed by atoms with Crippen LogP contribution in [0.2, 0.25) is 5.15 Å². The van der Waals surface area contributed by atoms with E-state index in [1.54, 1.807) is 12.3 Å². The summed E-state index contributed by atoms with van der Waals surface area (Å²) in [4.78, 5) is 6.40. The highest BCUT2D eigenvalue weighted by molar-refractivity contribution is 7.89. The number of halogens is 1. The normalized spacial score (nSPS) is 20.0. The summed E-state index contributed by atoms with van der Waals surface area (Å²) in [6.07, 6.45) is 3.46. The van der Waals surface area contributed by atoms with Crippen molar-refractivity contribution in [1.82, 2.24) is 14.6 Å². The molecule has 1 aromatic heterocycles. The third-order valence-corrected chi connectivity index (χ3v) is 5.41. The maximum Gasteiger partial charge on any atom is 0.211 e. The lowest BCUT2D eigenvalue weighted by atomic mass is 10.1. The van der Waals surface area contributed by atoms with E-state index < -0.39 is 10.0 Å². The van der Waals surface area contributed by atoms with Gasteiger partial charge in [-0.15, -0.1) is 0 Å². The molecule has 1 aromatic rings. The van der Waals surface area contributed by atoms with Crippen LogP contribution in [0.25, 0.3) is 0 Å². The topological polar surface area (TPSA) is 62.3 Å². The van der Waals surface area contributed by atoms with Gasteiger partial charge in [0.25, 0.3) is 0 Å². The molecule has 5 nitrogen and oxygen atoms in total. The molecule has 0 bridgehead atoms. The van der Waals surface area contributed by atoms with Crippen LogP contribution < -0.4 is 4.72 Å². The summed E-state index contributed by atoms with van der Waals surface area (Å²) in [5.74, 6) is 0.594. The zero-order valence-corrected chi connectivity index (χ0v) is 13.8. The van der Waals surface area contributed by atoms with Crippen LogP contribution in [0.3, 0.4) is 0 Å². The molecule has 0 aromatic carbocycles. The van der Waals surface area contributed by atoms with Crippen molar-refractivity contribution in [2.24, 2.45) is 5.92 Å². The van der Waals surface area contributed by atoms with Gasteiger partial charge in [-0.25, -0.2) is 18.1 Å². The predicted octanol–water partition coefficient (Wildman–Crippen LogP) is 1.89. The molecule has 2 heterocycles. The van der Waals surface area contributed by atoms with Crippen molar-refractivity contribution in [2.75, 3.05) is 25.4 Å². The van der Waals surface area contributed by atoms with Crippen LogP contribution in [-0.2, 0) is 16.6 Å². The molecule has 0 spiro atoms. The van der Waals surface area contributed by atoms with E-state index in [-0.39, 0.29) is 5.75 Å². The third kappa shape index (κ3) is 5.54. The minimum atomic E-state index is -3.09. The van der Waals surface area contributed by atoms with Gasteiger partial charge in [0.2, 0.25) is 10.0 Å². The fraction of sp³-hybridized carbons (Fsp3) is 0.643. The molecule has 1 atom stereocenters. The highest BCUT2D eigenvalue weighted by Gasteiger charge is 2.23. The number of sulfonamides is 1. The van der Waals surface area contributed by atoms with E-state index in [0.717, 1.165) is 31.6 Å². The van der Waals surface area contributed by atoms with Crippen LogP contribution >= 0.6 is 11.6 Å². The molecule has 0 aliphatic carbocycles. The molecule has 7 heteroatoms. The molecule has 0 saturated carbocycles. The summed E-state index contributed by atoms with van der Waals surface area (Å²) in [5, 5.41) is 0.503. The van der Waals surface area contributed by atoms with Crippen LogP contribution in [0.5, 0.6) is 0 Å². The number of nitrogens with one attached hydrogen (secondary N) is 1. The lowest BCUT2D eigenvalue weighted by Gasteiger charge is -2.16. The Bertz CT molecular complexity index is 548. The Labute approximate surface area is 131 Å². The Morgan fingerprint density at radius 2 is 2.29 bits per heavy atom. The highest BCUT2D eigenvalue weighted by Crippen LogP contribution is 2.18. The van der Waals surface area contributed by atoms with Gasteiger partial charge in [-0.05, 0) is 36.9 Å². The molecule has 21 heavy (non-hydrogen) atoms. The largest absolute Gasteiger partial charge is 0.299 e. The number of hydrogen-bond acceptors (Lipinski definition) is 4. The van der Waals surface area contributed by atoms with Crippen molar-refractivity contribution >= 4 is 21.6 Å². The van der Waals surface area contributed by atoms with Gasteiger partial charge in [0.1, 0.15) is 5.15 Å². The van der Waals surface area contributed by atoms with E-state index in [9.17, 15) is 8.42 Å². The maximum absolute atomic E-state index is 11.6. The van der Waals surface area contributed by atoms with Gasteiger partial charge >= 0.3 is 0 Å². The Morgan fingerprint density at radius 3 is 2.95 bits per heavy atom. The lowest BCUT2D eigenvalue weighted by molar-refractivity contribution is 0.316. The third-order valence-electron chi connectivity index (χ3n) is 3.63. The van der Waals surface area contributed by atoms with Gasteiger partial charge in [0.05, 0.1) is 5.75 Å². The van der Waals surface area contributed by atoms with Gasteiger partial charge in [-0.1, -0.05) is 24.6 Å². The molecular formula is C14H22ClN3O2S. The first-order valence-electron chi connectivity index (χ1n) is 7.28. The molecule has 1 N–H and O–H groups in total. The van der Waals surface area contributed by atoms with E-state index in [4.69, 9.17) is 11.6 Å². The quantitative estimate of drug-likeness (QED) is 0.775. The summed E-state index contributed by atoms with van der Waals surface area (Å²) in [6.45, 7) is 5.15. The van der Waals surface area contributed by atoms with Crippen molar-refractivity contribution in [3.05, 3.63) is 29.0 Å². The van der Waals surface area contributed by atoms with Crippen LogP contribution in [0.4, 0.5) is 0 Å². The van der Waals surface area contributed by atoms with Crippen molar-refractivity contribution in [1.29, 1.82) is 0 Å². The van der Waals surface area contributed by atoms with Crippen LogP contribution in [0, 0.1) is 5.92 Å². The molecular weight excluding hydrogens is 310 g/mol. The molecule has 0 unspecified atom stereocenters. The first kappa shape index (κ1) is 16.7. The minimum absolute atomic E-state index is 0.208. The Hall–Kier alpha value is -0.690. The molecule has 1 fully saturated rings. The summed E-state index contributed by atoms with van der Waals surface area (Å²) >= 11 is 5.77. The second-order valence-corrected chi connectivity index (χ2v) is 7.86. The zero-order valence-electron chi connectivity index (χ0n) is 12.3. The van der Waals surface area contributed by atoms with Gasteiger partial charge in [0.15, 0.2) is 0 Å². The number of likely N-dealkylation sites (tertiary alicyclic amines) is 1. The first-order chi connectivity index (χ1) is 9.98. The Balaban J connectivity index is 1.77. The fourth-order valence-electron chi connectivity index (χ4n) is 2.57. The van der Waals surface area contributed by atoms with Crippen LogP contribution in [0.15, 0.2) is 18.3 Å². The smallest absolute Gasteiger partial charge is 0.211 e. The number of hydrogen-bond donors (Lipinski definition) is 1. The fourth-order valence-corrected chi connectivity index (χ4v) is 3.85. The Morgan fingerprint density at radius 1 is 1.48 bits per heavy atom. The number of nitrogens with zero attached hydrogens (tertiary/aromatic N) is 2. The molecule has 1 aliphatic rings. The monoisotopic (exact) mass is 331 g/mol. The second-order valence-electron chi connectivity index (χ2n) is 5.55. The molecule has 0 amide bonds.